The van der Waals surface area contributed by atoms with Crippen LogP contribution in [0.3, 0.4) is 0 Å². The topological polar surface area (TPSA) is 99.1 Å². The third kappa shape index (κ3) is 4.12. The Balaban J connectivity index is 1.89. The van der Waals surface area contributed by atoms with Crippen molar-refractivity contribution in [2.45, 2.75) is 15.9 Å². The molecule has 3 aromatic rings. The molecule has 1 aromatic heterocycles. The summed E-state index contributed by atoms with van der Waals surface area (Å²) in [6.45, 7) is 0. The lowest BCUT2D eigenvalue weighted by molar-refractivity contribution is -0.387. The van der Waals surface area contributed by atoms with Gasteiger partial charge in [0, 0.05) is 17.2 Å². The van der Waals surface area contributed by atoms with Gasteiger partial charge in [-0.2, -0.15) is 11.8 Å². The molecule has 3 rings (SSSR count). The Kier molecular flexibility index (Phi) is 5.69. The highest BCUT2D eigenvalue weighted by Crippen LogP contribution is 2.35. The smallest absolute Gasteiger partial charge is 0.284 e. The number of nitro groups is 1. The van der Waals surface area contributed by atoms with Crippen molar-refractivity contribution in [1.29, 1.82) is 0 Å². The second kappa shape index (κ2) is 8.15. The second-order valence-electron chi connectivity index (χ2n) is 5.13. The van der Waals surface area contributed by atoms with Gasteiger partial charge in [0.2, 0.25) is 5.89 Å². The normalized spacial score (nSPS) is 10.7. The van der Waals surface area contributed by atoms with Crippen molar-refractivity contribution in [1.82, 2.24) is 10.2 Å². The molecule has 0 aliphatic carbocycles. The van der Waals surface area contributed by atoms with Crippen LogP contribution in [0.1, 0.15) is 21.8 Å². The Morgan fingerprint density at radius 2 is 1.92 bits per heavy atom. The zero-order valence-electron chi connectivity index (χ0n) is 13.6. The highest BCUT2D eigenvalue weighted by atomic mass is 32.2. The van der Waals surface area contributed by atoms with E-state index in [1.165, 1.54) is 23.9 Å². The summed E-state index contributed by atoms with van der Waals surface area (Å²) in [7, 11) is 0. The maximum Gasteiger partial charge on any atom is 0.284 e. The molecule has 0 aliphatic heterocycles. The predicted molar refractivity (Wildman–Crippen MR) is 98.6 cm³/mol. The monoisotopic (exact) mass is 387 g/mol. The van der Waals surface area contributed by atoms with E-state index in [0.29, 0.717) is 22.1 Å². The molecule has 1 heterocycles. The molecular formula is C17H13N3O4S2. The van der Waals surface area contributed by atoms with E-state index in [2.05, 4.69) is 10.2 Å². The van der Waals surface area contributed by atoms with E-state index in [4.69, 9.17) is 4.42 Å². The molecule has 7 nitrogen and oxygen atoms in total. The zero-order chi connectivity index (χ0) is 18.5. The molecule has 0 amide bonds. The first-order chi connectivity index (χ1) is 12.6. The average molecular weight is 387 g/mol. The molecule has 0 N–H and O–H groups in total. The number of thioether (sulfide) groups is 1. The molecule has 0 saturated carbocycles. The first-order valence-electron chi connectivity index (χ1n) is 7.46. The Morgan fingerprint density at radius 1 is 1.15 bits per heavy atom. The van der Waals surface area contributed by atoms with E-state index >= 15 is 0 Å². The molecule has 0 atom stereocenters. The van der Waals surface area contributed by atoms with Crippen molar-refractivity contribution in [2.75, 3.05) is 6.26 Å². The molecule has 2 aromatic carbocycles. The first kappa shape index (κ1) is 18.2. The second-order valence-corrected chi connectivity index (χ2v) is 6.99. The Hall–Kier alpha value is -2.65. The zero-order valence-corrected chi connectivity index (χ0v) is 15.3. The van der Waals surface area contributed by atoms with Gasteiger partial charge in [0.1, 0.15) is 0 Å². The third-order valence-electron chi connectivity index (χ3n) is 3.37. The van der Waals surface area contributed by atoms with Crippen LogP contribution in [0.5, 0.6) is 0 Å². The summed E-state index contributed by atoms with van der Waals surface area (Å²) in [5.74, 6) is 0.754. The average Bonchev–Trinajstić information content (AvgIpc) is 3.09. The number of nitrogens with zero attached hydrogens (tertiary/aromatic N) is 3. The fourth-order valence-electron chi connectivity index (χ4n) is 2.20. The number of carbonyl (C=O) groups is 1. The van der Waals surface area contributed by atoms with E-state index in [0.717, 1.165) is 11.8 Å². The summed E-state index contributed by atoms with van der Waals surface area (Å²) in [5.41, 5.74) is 0.544. The summed E-state index contributed by atoms with van der Waals surface area (Å²) in [6.07, 6.45) is 1.91. The lowest BCUT2D eigenvalue weighted by atomic mass is 10.0. The molecule has 0 aliphatic rings. The van der Waals surface area contributed by atoms with Gasteiger partial charge < -0.3 is 4.42 Å². The molecular weight excluding hydrogens is 374 g/mol. The molecule has 0 bridgehead atoms. The van der Waals surface area contributed by atoms with Crippen LogP contribution in [0.25, 0.3) is 0 Å². The number of carbonyl (C=O) groups excluding carboxylic acids is 1. The number of ketones is 1. The minimum atomic E-state index is -0.525. The molecule has 132 valence electrons. The largest absolute Gasteiger partial charge is 0.415 e. The van der Waals surface area contributed by atoms with Crippen LogP contribution in [0.2, 0.25) is 0 Å². The van der Waals surface area contributed by atoms with Crippen LogP contribution in [0, 0.1) is 10.1 Å². The van der Waals surface area contributed by atoms with Gasteiger partial charge in [-0.3, -0.25) is 14.9 Å². The molecule has 0 radical (unpaired) electrons. The van der Waals surface area contributed by atoms with Gasteiger partial charge in [-0.25, -0.2) is 0 Å². The van der Waals surface area contributed by atoms with Crippen molar-refractivity contribution < 1.29 is 14.1 Å². The van der Waals surface area contributed by atoms with Crippen molar-refractivity contribution in [3.8, 4) is 0 Å². The van der Waals surface area contributed by atoms with E-state index in [1.807, 2.05) is 6.26 Å². The first-order valence-corrected chi connectivity index (χ1v) is 9.67. The van der Waals surface area contributed by atoms with Crippen LogP contribution in [-0.4, -0.2) is 27.2 Å². The van der Waals surface area contributed by atoms with Crippen LogP contribution < -0.4 is 0 Å². The summed E-state index contributed by atoms with van der Waals surface area (Å²) in [5, 5.41) is 19.4. The van der Waals surface area contributed by atoms with Gasteiger partial charge >= 0.3 is 0 Å². The number of aromatic nitrogens is 2. The van der Waals surface area contributed by atoms with Gasteiger partial charge in [0.15, 0.2) is 5.78 Å². The highest BCUT2D eigenvalue weighted by Gasteiger charge is 2.21. The number of hydrogen-bond donors (Lipinski definition) is 0. The molecule has 0 fully saturated rings. The lowest BCUT2D eigenvalue weighted by Gasteiger charge is -2.04. The minimum Gasteiger partial charge on any atom is -0.415 e. The molecule has 0 unspecified atom stereocenters. The Morgan fingerprint density at radius 3 is 2.62 bits per heavy atom. The number of rotatable bonds is 7. The maximum absolute atomic E-state index is 12.5. The number of benzene rings is 2. The van der Waals surface area contributed by atoms with Crippen LogP contribution in [-0.2, 0) is 5.75 Å². The van der Waals surface area contributed by atoms with E-state index in [9.17, 15) is 14.9 Å². The van der Waals surface area contributed by atoms with Crippen molar-refractivity contribution in [3.05, 3.63) is 75.7 Å². The molecule has 0 spiro atoms. The number of hydrogen-bond acceptors (Lipinski definition) is 8. The molecule has 9 heteroatoms. The lowest BCUT2D eigenvalue weighted by Crippen LogP contribution is -2.02. The summed E-state index contributed by atoms with van der Waals surface area (Å²) < 4.78 is 5.44. The minimum absolute atomic E-state index is 0.179. The van der Waals surface area contributed by atoms with Crippen molar-refractivity contribution in [3.63, 3.8) is 0 Å². The van der Waals surface area contributed by atoms with Crippen molar-refractivity contribution >= 4 is 35.0 Å². The van der Waals surface area contributed by atoms with Gasteiger partial charge in [-0.15, -0.1) is 10.2 Å². The van der Waals surface area contributed by atoms with E-state index in [1.54, 1.807) is 36.4 Å². The van der Waals surface area contributed by atoms with Gasteiger partial charge in [0.25, 0.3) is 10.9 Å². The van der Waals surface area contributed by atoms with Gasteiger partial charge in [0.05, 0.1) is 15.6 Å². The highest BCUT2D eigenvalue weighted by molar-refractivity contribution is 7.99. The fourth-order valence-corrected chi connectivity index (χ4v) is 3.34. The number of nitro benzene ring substituents is 1. The Bertz CT molecular complexity index is 944. The fraction of sp³-hybridized carbons (Fsp3) is 0.118. The quantitative estimate of drug-likeness (QED) is 0.337. The van der Waals surface area contributed by atoms with Gasteiger partial charge in [-0.05, 0) is 30.2 Å². The van der Waals surface area contributed by atoms with Crippen LogP contribution in [0.15, 0.2) is 63.1 Å². The Labute approximate surface area is 157 Å². The van der Waals surface area contributed by atoms with Crippen LogP contribution in [0.4, 0.5) is 5.69 Å². The van der Waals surface area contributed by atoms with E-state index in [-0.39, 0.29) is 22.3 Å². The maximum atomic E-state index is 12.5. The van der Waals surface area contributed by atoms with Crippen LogP contribution >= 0.6 is 23.5 Å². The van der Waals surface area contributed by atoms with Gasteiger partial charge in [-0.1, -0.05) is 30.3 Å². The van der Waals surface area contributed by atoms with Crippen molar-refractivity contribution in [2.24, 2.45) is 0 Å². The predicted octanol–water partition coefficient (Wildman–Crippen LogP) is 4.22. The summed E-state index contributed by atoms with van der Waals surface area (Å²) in [6, 6.07) is 13.0. The summed E-state index contributed by atoms with van der Waals surface area (Å²) >= 11 is 2.54. The molecule has 26 heavy (non-hydrogen) atoms. The SMILES string of the molecule is CSCc1nnc(Sc2ccc(C(=O)c3ccccc3)cc2[N+](=O)[O-])o1. The standard InChI is InChI=1S/C17H13N3O4S2/c1-25-10-15-18-19-17(24-15)26-14-8-7-12(9-13(14)20(22)23)16(21)11-5-3-2-4-6-11/h2-9H,10H2,1H3. The van der Waals surface area contributed by atoms with E-state index < -0.39 is 4.92 Å². The molecule has 0 saturated heterocycles. The third-order valence-corrected chi connectivity index (χ3v) is 4.81. The summed E-state index contributed by atoms with van der Waals surface area (Å²) in [4.78, 5) is 23.7.